The minimum atomic E-state index is -0.676. The predicted octanol–water partition coefficient (Wildman–Crippen LogP) is 2.06. The Morgan fingerprint density at radius 2 is 1.97 bits per heavy atom. The Morgan fingerprint density at radius 1 is 1.19 bits per heavy atom. The van der Waals surface area contributed by atoms with Crippen LogP contribution in [0, 0.1) is 11.8 Å². The molecule has 0 radical (unpaired) electrons. The molecule has 4 rings (SSSR count). The van der Waals surface area contributed by atoms with Crippen LogP contribution in [0.5, 0.6) is 6.01 Å². The highest BCUT2D eigenvalue weighted by Gasteiger charge is 2.24. The van der Waals surface area contributed by atoms with E-state index in [0.29, 0.717) is 43.4 Å². The van der Waals surface area contributed by atoms with E-state index in [0.717, 1.165) is 58.2 Å². The third kappa shape index (κ3) is 7.09. The fourth-order valence-corrected chi connectivity index (χ4v) is 4.58. The standard InChI is InChI=1S/C25H37N7O5/c1-2-3-13-37-24-29-21(26)20-22(30-24)32(25(35)28-20)16-17-6-7-19(27-15-17)36-14-5-4-10-31-11-8-18(9-12-31)23(33)34/h6-7,17-18H,2-5,8-16H2,1H3,(H,28,35)(H,33,34)(H2,26,29,30). The number of aromatic amines is 1. The molecular formula is C25H37N7O5. The van der Waals surface area contributed by atoms with Gasteiger partial charge in [0.05, 0.1) is 25.7 Å². The molecule has 2 aliphatic heterocycles. The summed E-state index contributed by atoms with van der Waals surface area (Å²) < 4.78 is 13.0. The van der Waals surface area contributed by atoms with E-state index in [-0.39, 0.29) is 29.4 Å². The highest BCUT2D eigenvalue weighted by Crippen LogP contribution is 2.20. The van der Waals surface area contributed by atoms with Crippen LogP contribution in [0.2, 0.25) is 0 Å². The van der Waals surface area contributed by atoms with Gasteiger partial charge in [-0.3, -0.25) is 14.4 Å². The summed E-state index contributed by atoms with van der Waals surface area (Å²) in [4.78, 5) is 41.8. The minimum Gasteiger partial charge on any atom is -0.481 e. The van der Waals surface area contributed by atoms with Gasteiger partial charge in [0, 0.05) is 12.5 Å². The number of aliphatic imine (C=N–C) groups is 1. The topological polar surface area (TPSA) is 161 Å². The number of nitrogens with zero attached hydrogens (tertiary/aromatic N) is 5. The van der Waals surface area contributed by atoms with Crippen molar-refractivity contribution in [1.82, 2.24) is 24.4 Å². The molecular weight excluding hydrogens is 478 g/mol. The van der Waals surface area contributed by atoms with E-state index in [1.165, 1.54) is 0 Å². The largest absolute Gasteiger partial charge is 0.481 e. The Hall–Kier alpha value is -3.41. The van der Waals surface area contributed by atoms with Crippen molar-refractivity contribution in [2.24, 2.45) is 16.8 Å². The number of nitrogens with two attached hydrogens (primary N) is 1. The smallest absolute Gasteiger partial charge is 0.327 e. The lowest BCUT2D eigenvalue weighted by atomic mass is 9.97. The number of rotatable bonds is 12. The molecule has 2 aromatic rings. The number of anilines is 1. The number of piperidine rings is 1. The van der Waals surface area contributed by atoms with Crippen LogP contribution in [0.4, 0.5) is 5.82 Å². The Bertz CT molecular complexity index is 1180. The van der Waals surface area contributed by atoms with Crippen molar-refractivity contribution in [1.29, 1.82) is 0 Å². The normalized spacial score (nSPS) is 18.7. The molecule has 1 saturated heterocycles. The average Bonchev–Trinajstić information content (AvgIpc) is 3.20. The fraction of sp³-hybridized carbons (Fsp3) is 0.640. The van der Waals surface area contributed by atoms with Gasteiger partial charge < -0.3 is 30.2 Å². The molecule has 1 unspecified atom stereocenters. The fourth-order valence-electron chi connectivity index (χ4n) is 4.58. The number of likely N-dealkylation sites (tertiary alicyclic amines) is 1. The molecule has 2 aliphatic rings. The quantitative estimate of drug-likeness (QED) is 0.359. The summed E-state index contributed by atoms with van der Waals surface area (Å²) in [6.07, 6.45) is 9.09. The summed E-state index contributed by atoms with van der Waals surface area (Å²) in [6, 6.07) is 0.170. The molecule has 0 aliphatic carbocycles. The van der Waals surface area contributed by atoms with E-state index >= 15 is 0 Å². The van der Waals surface area contributed by atoms with Gasteiger partial charge in [-0.15, -0.1) is 0 Å². The summed E-state index contributed by atoms with van der Waals surface area (Å²) in [5.41, 5.74) is 6.57. The maximum absolute atomic E-state index is 12.6. The van der Waals surface area contributed by atoms with Crippen molar-refractivity contribution in [3.8, 4) is 6.01 Å². The van der Waals surface area contributed by atoms with E-state index < -0.39 is 5.97 Å². The summed E-state index contributed by atoms with van der Waals surface area (Å²) in [5.74, 6) is -0.0701. The molecule has 37 heavy (non-hydrogen) atoms. The first-order valence-corrected chi connectivity index (χ1v) is 13.1. The molecule has 202 valence electrons. The predicted molar refractivity (Wildman–Crippen MR) is 140 cm³/mol. The Morgan fingerprint density at radius 3 is 2.68 bits per heavy atom. The van der Waals surface area contributed by atoms with Gasteiger partial charge in [-0.05, 0) is 57.8 Å². The third-order valence-corrected chi connectivity index (χ3v) is 6.82. The first kappa shape index (κ1) is 26.6. The summed E-state index contributed by atoms with van der Waals surface area (Å²) in [7, 11) is 0. The molecule has 4 heterocycles. The van der Waals surface area contributed by atoms with Gasteiger partial charge in [-0.25, -0.2) is 4.79 Å². The molecule has 0 amide bonds. The van der Waals surface area contributed by atoms with Gasteiger partial charge in [0.1, 0.15) is 5.52 Å². The number of aromatic nitrogens is 4. The van der Waals surface area contributed by atoms with Crippen LogP contribution in [0.15, 0.2) is 21.9 Å². The molecule has 4 N–H and O–H groups in total. The van der Waals surface area contributed by atoms with Gasteiger partial charge in [0.2, 0.25) is 5.90 Å². The molecule has 12 heteroatoms. The number of nitrogen functional groups attached to an aromatic ring is 1. The average molecular weight is 516 g/mol. The molecule has 0 aromatic carbocycles. The molecule has 2 aromatic heterocycles. The molecule has 1 fully saturated rings. The van der Waals surface area contributed by atoms with E-state index in [1.54, 1.807) is 4.57 Å². The second kappa shape index (κ2) is 12.7. The first-order chi connectivity index (χ1) is 17.9. The maximum atomic E-state index is 12.6. The Labute approximate surface area is 215 Å². The summed E-state index contributed by atoms with van der Waals surface area (Å²) >= 11 is 0. The van der Waals surface area contributed by atoms with Crippen LogP contribution in [-0.4, -0.2) is 80.8 Å². The number of aliphatic carboxylic acids is 1. The number of carbonyl (C=O) groups is 1. The second-order valence-electron chi connectivity index (χ2n) is 9.64. The number of carboxylic acids is 1. The number of dihydropyridines is 1. The number of unbranched alkanes of at least 4 members (excludes halogenated alkanes) is 2. The molecule has 0 spiro atoms. The minimum absolute atomic E-state index is 0.0124. The summed E-state index contributed by atoms with van der Waals surface area (Å²) in [6.45, 7) is 6.69. The number of hydrogen-bond acceptors (Lipinski definition) is 9. The van der Waals surface area contributed by atoms with Gasteiger partial charge >= 0.3 is 17.7 Å². The lowest BCUT2D eigenvalue weighted by Crippen LogP contribution is -2.36. The maximum Gasteiger partial charge on any atom is 0.327 e. The zero-order valence-corrected chi connectivity index (χ0v) is 21.4. The van der Waals surface area contributed by atoms with Crippen molar-refractivity contribution in [3.63, 3.8) is 0 Å². The van der Waals surface area contributed by atoms with Crippen LogP contribution >= 0.6 is 0 Å². The lowest BCUT2D eigenvalue weighted by Gasteiger charge is -2.29. The van der Waals surface area contributed by atoms with E-state index in [1.807, 2.05) is 12.2 Å². The van der Waals surface area contributed by atoms with Crippen LogP contribution < -0.4 is 16.2 Å². The van der Waals surface area contributed by atoms with Gasteiger partial charge in [-0.2, -0.15) is 9.97 Å². The molecule has 1 atom stereocenters. The Kier molecular flexibility index (Phi) is 9.15. The van der Waals surface area contributed by atoms with E-state index in [9.17, 15) is 9.59 Å². The number of fused-ring (bicyclic) bond motifs is 1. The number of carboxylic acid groups (broad SMARTS) is 1. The number of H-pyrrole nitrogens is 1. The Balaban J connectivity index is 1.22. The highest BCUT2D eigenvalue weighted by atomic mass is 16.5. The zero-order valence-electron chi connectivity index (χ0n) is 21.4. The van der Waals surface area contributed by atoms with E-state index in [4.69, 9.17) is 20.3 Å². The highest BCUT2D eigenvalue weighted by molar-refractivity contribution is 5.88. The van der Waals surface area contributed by atoms with Gasteiger partial charge in [0.25, 0.3) is 0 Å². The van der Waals surface area contributed by atoms with Crippen molar-refractivity contribution in [3.05, 3.63) is 22.6 Å². The van der Waals surface area contributed by atoms with Gasteiger partial charge in [0.15, 0.2) is 11.5 Å². The lowest BCUT2D eigenvalue weighted by molar-refractivity contribution is -0.143. The molecule has 0 bridgehead atoms. The van der Waals surface area contributed by atoms with Crippen LogP contribution in [-0.2, 0) is 16.1 Å². The number of hydrogen-bond donors (Lipinski definition) is 3. The van der Waals surface area contributed by atoms with Crippen molar-refractivity contribution >= 4 is 28.8 Å². The third-order valence-electron chi connectivity index (χ3n) is 6.82. The van der Waals surface area contributed by atoms with Crippen molar-refractivity contribution < 1.29 is 19.4 Å². The van der Waals surface area contributed by atoms with Crippen LogP contribution in [0.3, 0.4) is 0 Å². The number of imidazole rings is 1. The van der Waals surface area contributed by atoms with Gasteiger partial charge in [-0.1, -0.05) is 19.4 Å². The second-order valence-corrected chi connectivity index (χ2v) is 9.64. The SMILES string of the molecule is CCCCOc1nc(N)c2[nH]c(=O)n(CC3C=CC(OCCCCN4CCC(C(=O)O)CC4)=NC3)c2n1. The van der Waals surface area contributed by atoms with Crippen molar-refractivity contribution in [2.45, 2.75) is 52.0 Å². The van der Waals surface area contributed by atoms with Crippen LogP contribution in [0.1, 0.15) is 45.4 Å². The molecule has 12 nitrogen and oxygen atoms in total. The number of nitrogens with one attached hydrogen (secondary N) is 1. The monoisotopic (exact) mass is 515 g/mol. The molecule has 0 saturated carbocycles. The van der Waals surface area contributed by atoms with Crippen LogP contribution in [0.25, 0.3) is 11.2 Å². The first-order valence-electron chi connectivity index (χ1n) is 13.1. The number of ether oxygens (including phenoxy) is 2. The van der Waals surface area contributed by atoms with E-state index in [2.05, 4.69) is 31.8 Å². The zero-order chi connectivity index (χ0) is 26.2. The summed E-state index contributed by atoms with van der Waals surface area (Å²) in [5, 5.41) is 9.10. The van der Waals surface area contributed by atoms with Crippen molar-refractivity contribution in [2.75, 3.05) is 45.1 Å².